The molecule has 0 atom stereocenters. The largest absolute Gasteiger partial charge is 0.437 e. The minimum absolute atomic E-state index is 0.250. The summed E-state index contributed by atoms with van der Waals surface area (Å²) in [6.07, 6.45) is 8.71. The molecule has 0 unspecified atom stereocenters. The second-order valence-corrected chi connectivity index (χ2v) is 5.46. The Morgan fingerprint density at radius 1 is 1.17 bits per heavy atom. The number of carbonyl (C=O) groups excluding carboxylic acids is 1. The maximum Gasteiger partial charge on any atom is 0.374 e. The monoisotopic (exact) mass is 253 g/mol. The van der Waals surface area contributed by atoms with Gasteiger partial charge in [-0.3, -0.25) is 4.79 Å². The van der Waals surface area contributed by atoms with Crippen molar-refractivity contribution in [2.75, 3.05) is 0 Å². The quantitative estimate of drug-likeness (QED) is 0.757. The Bertz CT molecular complexity index is 259. The summed E-state index contributed by atoms with van der Waals surface area (Å²) in [7, 11) is -0.576. The third-order valence-corrected chi connectivity index (χ3v) is 4.14. The van der Waals surface area contributed by atoms with E-state index in [0.717, 1.165) is 32.1 Å². The number of ketones is 1. The molecule has 2 saturated carbocycles. The third-order valence-electron chi connectivity index (χ3n) is 4.14. The normalized spacial score (nSPS) is 22.4. The molecule has 0 amide bonds. The van der Waals surface area contributed by atoms with E-state index in [1.165, 1.54) is 19.3 Å². The van der Waals surface area contributed by atoms with Crippen LogP contribution in [0.5, 0.6) is 0 Å². The van der Waals surface area contributed by atoms with E-state index >= 15 is 0 Å². The lowest BCUT2D eigenvalue weighted by Crippen LogP contribution is -2.62. The molecule has 0 heterocycles. The molecule has 2 rings (SSSR count). The smallest absolute Gasteiger partial charge is 0.374 e. The van der Waals surface area contributed by atoms with Crippen molar-refractivity contribution in [2.45, 2.75) is 77.6 Å². The molecule has 0 aromatic rings. The number of hydrogen-bond acceptors (Lipinski definition) is 3. The first-order valence-corrected chi connectivity index (χ1v) is 7.64. The standard InChI is InChI=1S/C12H22BNO2.C2H6/c1-13(16)14-12(8-5-9-12)11(15)10-6-3-2-4-7-10;1-2/h10,14,16H,2-9H2,1H3;1-2H3. The van der Waals surface area contributed by atoms with Crippen molar-refractivity contribution in [3.63, 3.8) is 0 Å². The predicted octanol–water partition coefficient (Wildman–Crippen LogP) is 2.78. The van der Waals surface area contributed by atoms with Crippen molar-refractivity contribution in [1.82, 2.24) is 5.23 Å². The van der Waals surface area contributed by atoms with Crippen LogP contribution in [0.3, 0.4) is 0 Å². The van der Waals surface area contributed by atoms with E-state index in [-0.39, 0.29) is 11.5 Å². The molecule has 2 fully saturated rings. The average Bonchev–Trinajstić information content (AvgIpc) is 2.36. The maximum absolute atomic E-state index is 12.5. The molecule has 0 aromatic heterocycles. The van der Waals surface area contributed by atoms with Gasteiger partial charge in [0.15, 0.2) is 5.78 Å². The van der Waals surface area contributed by atoms with Crippen molar-refractivity contribution < 1.29 is 9.82 Å². The molecule has 104 valence electrons. The van der Waals surface area contributed by atoms with Crippen molar-refractivity contribution in [1.29, 1.82) is 0 Å². The summed E-state index contributed by atoms with van der Waals surface area (Å²) >= 11 is 0. The number of hydrogen-bond donors (Lipinski definition) is 2. The van der Waals surface area contributed by atoms with E-state index in [2.05, 4.69) is 5.23 Å². The van der Waals surface area contributed by atoms with Gasteiger partial charge in [0.1, 0.15) is 0 Å². The summed E-state index contributed by atoms with van der Waals surface area (Å²) in [5.74, 6) is 0.625. The Balaban J connectivity index is 0.000000771. The molecular weight excluding hydrogens is 225 g/mol. The lowest BCUT2D eigenvalue weighted by atomic mass is 9.64. The molecule has 0 aromatic carbocycles. The van der Waals surface area contributed by atoms with Gasteiger partial charge >= 0.3 is 7.05 Å². The zero-order valence-corrected chi connectivity index (χ0v) is 12.2. The first-order chi connectivity index (χ1) is 8.64. The highest BCUT2D eigenvalue weighted by Crippen LogP contribution is 2.38. The second kappa shape index (κ2) is 7.29. The molecule has 0 saturated heterocycles. The van der Waals surface area contributed by atoms with Crippen LogP contribution in [0.2, 0.25) is 6.82 Å². The molecule has 0 spiro atoms. The van der Waals surface area contributed by atoms with E-state index in [1.807, 2.05) is 13.8 Å². The molecule has 3 nitrogen and oxygen atoms in total. The van der Waals surface area contributed by atoms with Gasteiger partial charge in [-0.1, -0.05) is 33.1 Å². The van der Waals surface area contributed by atoms with E-state index in [9.17, 15) is 9.82 Å². The average molecular weight is 253 g/mol. The predicted molar refractivity (Wildman–Crippen MR) is 76.5 cm³/mol. The Labute approximate surface area is 112 Å². The van der Waals surface area contributed by atoms with Gasteiger partial charge in [0.2, 0.25) is 0 Å². The number of carbonyl (C=O) groups is 1. The summed E-state index contributed by atoms with van der Waals surface area (Å²) in [6.45, 7) is 5.70. The molecular formula is C14H28BNO2. The van der Waals surface area contributed by atoms with Crippen LogP contribution in [0.25, 0.3) is 0 Å². The lowest BCUT2D eigenvalue weighted by molar-refractivity contribution is -0.133. The van der Waals surface area contributed by atoms with Gasteiger partial charge in [-0.05, 0) is 38.9 Å². The van der Waals surface area contributed by atoms with E-state index < -0.39 is 7.05 Å². The first kappa shape index (κ1) is 15.7. The molecule has 18 heavy (non-hydrogen) atoms. The fourth-order valence-corrected chi connectivity index (χ4v) is 3.15. The molecule has 2 N–H and O–H groups in total. The topological polar surface area (TPSA) is 49.3 Å². The van der Waals surface area contributed by atoms with E-state index in [1.54, 1.807) is 6.82 Å². The highest BCUT2D eigenvalue weighted by Gasteiger charge is 2.47. The van der Waals surface area contributed by atoms with Gasteiger partial charge in [-0.2, -0.15) is 0 Å². The summed E-state index contributed by atoms with van der Waals surface area (Å²) in [6, 6.07) is 0. The minimum atomic E-state index is -0.576. The fraction of sp³-hybridized carbons (Fsp3) is 0.929. The molecule has 0 radical (unpaired) electrons. The van der Waals surface area contributed by atoms with Crippen LogP contribution in [-0.4, -0.2) is 23.4 Å². The van der Waals surface area contributed by atoms with Crippen LogP contribution in [-0.2, 0) is 4.79 Å². The third kappa shape index (κ3) is 3.58. The Hall–Kier alpha value is -0.345. The summed E-state index contributed by atoms with van der Waals surface area (Å²) in [4.78, 5) is 12.5. The minimum Gasteiger partial charge on any atom is -0.437 e. The second-order valence-electron chi connectivity index (χ2n) is 5.46. The number of Topliss-reactive ketones (excluding diaryl/α,β-unsaturated/α-hetero) is 1. The molecule has 2 aliphatic rings. The van der Waals surface area contributed by atoms with Gasteiger partial charge in [0.25, 0.3) is 0 Å². The van der Waals surface area contributed by atoms with Crippen LogP contribution in [0.1, 0.15) is 65.2 Å². The highest BCUT2D eigenvalue weighted by atomic mass is 16.2. The van der Waals surface area contributed by atoms with Gasteiger partial charge in [-0.15, -0.1) is 0 Å². The van der Waals surface area contributed by atoms with E-state index in [4.69, 9.17) is 0 Å². The van der Waals surface area contributed by atoms with Gasteiger partial charge in [-0.25, -0.2) is 0 Å². The van der Waals surface area contributed by atoms with Crippen LogP contribution in [0.15, 0.2) is 0 Å². The van der Waals surface area contributed by atoms with Crippen molar-refractivity contribution in [2.24, 2.45) is 5.92 Å². The van der Waals surface area contributed by atoms with Gasteiger partial charge in [0, 0.05) is 5.92 Å². The zero-order chi connectivity index (χ0) is 13.6. The molecule has 0 aliphatic heterocycles. The highest BCUT2D eigenvalue weighted by molar-refractivity contribution is 6.46. The van der Waals surface area contributed by atoms with E-state index in [0.29, 0.717) is 5.78 Å². The van der Waals surface area contributed by atoms with Gasteiger partial charge in [0.05, 0.1) is 5.54 Å². The molecule has 4 heteroatoms. The fourth-order valence-electron chi connectivity index (χ4n) is 3.15. The summed E-state index contributed by atoms with van der Waals surface area (Å²) in [5, 5.41) is 12.5. The van der Waals surface area contributed by atoms with Crippen molar-refractivity contribution in [3.8, 4) is 0 Å². The zero-order valence-electron chi connectivity index (χ0n) is 12.2. The van der Waals surface area contributed by atoms with Crippen LogP contribution < -0.4 is 5.23 Å². The number of rotatable bonds is 4. The maximum atomic E-state index is 12.5. The summed E-state index contributed by atoms with van der Waals surface area (Å²) in [5.41, 5.74) is -0.379. The Morgan fingerprint density at radius 2 is 1.72 bits per heavy atom. The molecule has 0 bridgehead atoms. The van der Waals surface area contributed by atoms with Gasteiger partial charge < -0.3 is 10.3 Å². The van der Waals surface area contributed by atoms with Crippen LogP contribution in [0.4, 0.5) is 0 Å². The Kier molecular flexibility index (Phi) is 6.37. The summed E-state index contributed by atoms with van der Waals surface area (Å²) < 4.78 is 0. The first-order valence-electron chi connectivity index (χ1n) is 7.64. The lowest BCUT2D eigenvalue weighted by Gasteiger charge is -2.44. The van der Waals surface area contributed by atoms with Crippen molar-refractivity contribution >= 4 is 12.8 Å². The van der Waals surface area contributed by atoms with Crippen LogP contribution in [0, 0.1) is 5.92 Å². The molecule has 2 aliphatic carbocycles. The van der Waals surface area contributed by atoms with Crippen LogP contribution >= 0.6 is 0 Å². The Morgan fingerprint density at radius 3 is 2.11 bits per heavy atom. The van der Waals surface area contributed by atoms with Crippen molar-refractivity contribution in [3.05, 3.63) is 0 Å². The number of nitrogens with one attached hydrogen (secondary N) is 1. The SMILES string of the molecule is CB(O)NC1(C(=O)C2CCCCC2)CCC1.CC.